The average Bonchev–Trinajstić information content (AvgIpc) is 2.89. The highest BCUT2D eigenvalue weighted by Gasteiger charge is 2.19. The fourth-order valence-electron chi connectivity index (χ4n) is 3.37. The normalized spacial score (nSPS) is 22.7. The summed E-state index contributed by atoms with van der Waals surface area (Å²) in [6.07, 6.45) is 7.83. The highest BCUT2D eigenvalue weighted by Crippen LogP contribution is 2.22. The predicted octanol–water partition coefficient (Wildman–Crippen LogP) is 3.38. The van der Waals surface area contributed by atoms with Gasteiger partial charge in [-0.2, -0.15) is 0 Å². The molecule has 2 fully saturated rings. The summed E-state index contributed by atoms with van der Waals surface area (Å²) in [6.45, 7) is 6.48. The lowest BCUT2D eigenvalue weighted by atomic mass is 9.93. The van der Waals surface area contributed by atoms with E-state index in [1.165, 1.54) is 44.2 Å². The third kappa shape index (κ3) is 4.23. The topological polar surface area (TPSA) is 24.5 Å². The molecule has 1 aromatic carbocycles. The Morgan fingerprint density at radius 3 is 2.95 bits per heavy atom. The summed E-state index contributed by atoms with van der Waals surface area (Å²) in [5, 5.41) is 3.61. The minimum Gasteiger partial charge on any atom is -0.493 e. The maximum atomic E-state index is 6.03. The number of hydrogen-bond donors (Lipinski definition) is 1. The van der Waals surface area contributed by atoms with Crippen LogP contribution in [0, 0.1) is 6.07 Å². The second-order valence-corrected chi connectivity index (χ2v) is 6.77. The van der Waals surface area contributed by atoms with Crippen LogP contribution in [0.2, 0.25) is 0 Å². The molecule has 1 atom stereocenters. The van der Waals surface area contributed by atoms with Crippen LogP contribution in [-0.4, -0.2) is 36.7 Å². The van der Waals surface area contributed by atoms with E-state index in [0.717, 1.165) is 37.9 Å². The molecular weight excluding hydrogens is 272 g/mol. The molecule has 0 amide bonds. The lowest BCUT2D eigenvalue weighted by Crippen LogP contribution is -2.34. The Bertz CT molecular complexity index is 459. The van der Waals surface area contributed by atoms with E-state index < -0.39 is 0 Å². The van der Waals surface area contributed by atoms with Crippen LogP contribution in [0.3, 0.4) is 0 Å². The van der Waals surface area contributed by atoms with Gasteiger partial charge < -0.3 is 15.0 Å². The predicted molar refractivity (Wildman–Crippen MR) is 90.1 cm³/mol. The molecule has 1 saturated heterocycles. The number of nitrogens with one attached hydrogen (secondary N) is 1. The van der Waals surface area contributed by atoms with Gasteiger partial charge in [-0.25, -0.2) is 0 Å². The molecule has 3 heteroatoms. The first kappa shape index (κ1) is 15.8. The van der Waals surface area contributed by atoms with Crippen molar-refractivity contribution in [3.05, 3.63) is 29.8 Å². The third-order valence-electron chi connectivity index (χ3n) is 5.13. The molecule has 1 radical (unpaired) electrons. The van der Waals surface area contributed by atoms with Crippen LogP contribution in [0.5, 0.6) is 5.75 Å². The average molecular weight is 301 g/mol. The van der Waals surface area contributed by atoms with Gasteiger partial charge in [-0.1, -0.05) is 12.5 Å². The van der Waals surface area contributed by atoms with E-state index in [2.05, 4.69) is 35.3 Å². The summed E-state index contributed by atoms with van der Waals surface area (Å²) in [5.41, 5.74) is 1.24. The van der Waals surface area contributed by atoms with Crippen LogP contribution < -0.4 is 10.1 Å². The minimum atomic E-state index is 0.713. The summed E-state index contributed by atoms with van der Waals surface area (Å²) in [5.74, 6) is 1.03. The highest BCUT2D eigenvalue weighted by molar-refractivity contribution is 5.32. The number of rotatable bonds is 8. The van der Waals surface area contributed by atoms with Crippen molar-refractivity contribution in [1.82, 2.24) is 10.2 Å². The molecule has 3 nitrogen and oxygen atoms in total. The fraction of sp³-hybridized carbons (Fsp3) is 0.684. The second-order valence-electron chi connectivity index (χ2n) is 6.77. The van der Waals surface area contributed by atoms with Crippen molar-refractivity contribution in [1.29, 1.82) is 0 Å². The molecule has 1 N–H and O–H groups in total. The lowest BCUT2D eigenvalue weighted by Gasteiger charge is -2.27. The third-order valence-corrected chi connectivity index (χ3v) is 5.13. The molecule has 0 spiro atoms. The van der Waals surface area contributed by atoms with Crippen LogP contribution in [0.4, 0.5) is 0 Å². The highest BCUT2D eigenvalue weighted by atomic mass is 16.5. The quantitative estimate of drug-likeness (QED) is 0.745. The Balaban J connectivity index is 1.41. The van der Waals surface area contributed by atoms with Crippen molar-refractivity contribution >= 4 is 0 Å². The zero-order valence-corrected chi connectivity index (χ0v) is 13.8. The molecule has 0 aromatic heterocycles. The molecule has 1 saturated carbocycles. The van der Waals surface area contributed by atoms with Gasteiger partial charge in [-0.15, -0.1) is 0 Å². The fourth-order valence-corrected chi connectivity index (χ4v) is 3.37. The van der Waals surface area contributed by atoms with Crippen molar-refractivity contribution in [3.8, 4) is 5.75 Å². The number of likely N-dealkylation sites (tertiary alicyclic amines) is 1. The second kappa shape index (κ2) is 7.98. The van der Waals surface area contributed by atoms with Crippen LogP contribution >= 0.6 is 0 Å². The molecule has 1 aromatic rings. The van der Waals surface area contributed by atoms with E-state index in [0.29, 0.717) is 6.04 Å². The molecule has 0 bridgehead atoms. The first-order valence-corrected chi connectivity index (χ1v) is 8.92. The maximum Gasteiger partial charge on any atom is 0.123 e. The smallest absolute Gasteiger partial charge is 0.123 e. The van der Waals surface area contributed by atoms with Crippen molar-refractivity contribution in [2.45, 2.75) is 64.1 Å². The minimum absolute atomic E-state index is 0.713. The largest absolute Gasteiger partial charge is 0.493 e. The van der Waals surface area contributed by atoms with E-state index in [1.54, 1.807) is 0 Å². The number of benzene rings is 1. The summed E-state index contributed by atoms with van der Waals surface area (Å²) < 4.78 is 6.03. The molecule has 1 unspecified atom stereocenters. The number of ether oxygens (including phenoxy) is 1. The summed E-state index contributed by atoms with van der Waals surface area (Å²) >= 11 is 0. The van der Waals surface area contributed by atoms with Crippen molar-refractivity contribution in [3.63, 3.8) is 0 Å². The monoisotopic (exact) mass is 301 g/mol. The first-order valence-electron chi connectivity index (χ1n) is 8.92. The Morgan fingerprint density at radius 1 is 1.32 bits per heavy atom. The summed E-state index contributed by atoms with van der Waals surface area (Å²) in [4.78, 5) is 2.58. The number of nitrogens with zero attached hydrogens (tertiary/aromatic N) is 1. The maximum absolute atomic E-state index is 6.03. The molecule has 3 rings (SSSR count). The van der Waals surface area contributed by atoms with Crippen LogP contribution in [-0.2, 0) is 6.54 Å². The van der Waals surface area contributed by atoms with E-state index >= 15 is 0 Å². The van der Waals surface area contributed by atoms with Gasteiger partial charge in [0.05, 0.1) is 6.61 Å². The SMILES string of the molecule is CC1CCCN1CCCOc1cc[c]cc1CNC1CCC1. The van der Waals surface area contributed by atoms with E-state index in [4.69, 9.17) is 4.74 Å². The molecule has 121 valence electrons. The van der Waals surface area contributed by atoms with Gasteiger partial charge in [0.15, 0.2) is 0 Å². The zero-order chi connectivity index (χ0) is 15.2. The van der Waals surface area contributed by atoms with Crippen LogP contribution in [0.25, 0.3) is 0 Å². The zero-order valence-electron chi connectivity index (χ0n) is 13.8. The molecule has 2 aliphatic rings. The van der Waals surface area contributed by atoms with Gasteiger partial charge in [-0.05, 0) is 63.8 Å². The van der Waals surface area contributed by atoms with Crippen molar-refractivity contribution in [2.75, 3.05) is 19.7 Å². The summed E-state index contributed by atoms with van der Waals surface area (Å²) in [7, 11) is 0. The molecule has 22 heavy (non-hydrogen) atoms. The van der Waals surface area contributed by atoms with Gasteiger partial charge in [-0.3, -0.25) is 0 Å². The van der Waals surface area contributed by atoms with Gasteiger partial charge in [0, 0.05) is 30.7 Å². The van der Waals surface area contributed by atoms with E-state index in [-0.39, 0.29) is 0 Å². The molecular formula is C19H29N2O. The number of hydrogen-bond acceptors (Lipinski definition) is 3. The van der Waals surface area contributed by atoms with E-state index in [1.807, 2.05) is 6.07 Å². The van der Waals surface area contributed by atoms with Crippen molar-refractivity contribution < 1.29 is 4.74 Å². The van der Waals surface area contributed by atoms with Crippen LogP contribution in [0.1, 0.15) is 51.0 Å². The van der Waals surface area contributed by atoms with Crippen LogP contribution in [0.15, 0.2) is 18.2 Å². The Hall–Kier alpha value is -1.06. The standard InChI is InChI=1S/C19H29N2O/c1-16-7-5-12-21(16)13-6-14-22-19-11-3-2-8-17(19)15-20-18-9-4-10-18/h3,8,11,16,18,20H,4-7,9-10,12-15H2,1H3. The Labute approximate surface area is 135 Å². The van der Waals surface area contributed by atoms with Gasteiger partial charge >= 0.3 is 0 Å². The molecule has 1 aliphatic carbocycles. The molecule has 1 heterocycles. The van der Waals surface area contributed by atoms with Gasteiger partial charge in [0.2, 0.25) is 0 Å². The van der Waals surface area contributed by atoms with Gasteiger partial charge in [0.25, 0.3) is 0 Å². The van der Waals surface area contributed by atoms with E-state index in [9.17, 15) is 0 Å². The Morgan fingerprint density at radius 2 is 2.23 bits per heavy atom. The summed E-state index contributed by atoms with van der Waals surface area (Å²) in [6, 6.07) is 10.7. The first-order chi connectivity index (χ1) is 10.8. The Kier molecular flexibility index (Phi) is 5.74. The molecule has 1 aliphatic heterocycles. The van der Waals surface area contributed by atoms with Gasteiger partial charge in [0.1, 0.15) is 5.75 Å². The van der Waals surface area contributed by atoms with Crippen molar-refractivity contribution in [2.24, 2.45) is 0 Å². The lowest BCUT2D eigenvalue weighted by molar-refractivity contribution is 0.229.